The fraction of sp³-hybridized carbons (Fsp3) is 0.150. The number of thiophene rings is 1. The Labute approximate surface area is 168 Å². The number of aliphatic imine (C=N–C) groups is 1. The number of guanidine groups is 1. The van der Waals surface area contributed by atoms with Crippen LogP contribution in [0.25, 0.3) is 11.1 Å². The molecule has 9 heteroatoms. The molecule has 3 heterocycles. The van der Waals surface area contributed by atoms with Gasteiger partial charge in [-0.2, -0.15) is 11.3 Å². The third kappa shape index (κ3) is 2.98. The molecule has 0 spiro atoms. The Morgan fingerprint density at radius 2 is 1.93 bits per heavy atom. The lowest BCUT2D eigenvalue weighted by atomic mass is 9.82. The van der Waals surface area contributed by atoms with Crippen molar-refractivity contribution in [2.75, 3.05) is 7.05 Å². The van der Waals surface area contributed by atoms with Gasteiger partial charge in [-0.1, -0.05) is 6.07 Å². The monoisotopic (exact) mass is 416 g/mol. The Balaban J connectivity index is 1.98. The predicted molar refractivity (Wildman–Crippen MR) is 104 cm³/mol. The highest BCUT2D eigenvalue weighted by molar-refractivity contribution is 7.08. The first-order chi connectivity index (χ1) is 13.8. The van der Waals surface area contributed by atoms with E-state index in [1.807, 2.05) is 0 Å². The van der Waals surface area contributed by atoms with Crippen LogP contribution < -0.4 is 5.73 Å². The highest BCUT2D eigenvalue weighted by Gasteiger charge is 2.50. The summed E-state index contributed by atoms with van der Waals surface area (Å²) in [7, 11) is 1.45. The Morgan fingerprint density at radius 1 is 1.17 bits per heavy atom. The van der Waals surface area contributed by atoms with E-state index in [0.717, 1.165) is 11.0 Å². The molecular weight excluding hydrogens is 401 g/mol. The van der Waals surface area contributed by atoms with E-state index in [0.29, 0.717) is 11.1 Å². The molecule has 5 nitrogen and oxygen atoms in total. The van der Waals surface area contributed by atoms with Crippen LogP contribution in [0.3, 0.4) is 0 Å². The summed E-state index contributed by atoms with van der Waals surface area (Å²) in [6.45, 7) is 0. The zero-order chi connectivity index (χ0) is 20.8. The first-order valence-corrected chi connectivity index (χ1v) is 9.49. The van der Waals surface area contributed by atoms with Crippen molar-refractivity contribution in [1.82, 2.24) is 9.88 Å². The van der Waals surface area contributed by atoms with Gasteiger partial charge >= 0.3 is 0 Å². The first kappa shape index (κ1) is 19.1. The second kappa shape index (κ2) is 7.00. The van der Waals surface area contributed by atoms with Gasteiger partial charge in [0.05, 0.1) is 0 Å². The molecule has 0 fully saturated rings. The molecule has 0 saturated heterocycles. The van der Waals surface area contributed by atoms with Gasteiger partial charge in [-0.25, -0.2) is 18.2 Å². The fourth-order valence-corrected chi connectivity index (χ4v) is 4.02. The number of nitrogens with zero attached hydrogens (tertiary/aromatic N) is 3. The minimum atomic E-state index is -2.82. The molecule has 148 valence electrons. The van der Waals surface area contributed by atoms with Crippen LogP contribution in [-0.4, -0.2) is 28.8 Å². The number of carbonyl (C=O) groups excluding carboxylic acids is 1. The number of halogens is 3. The van der Waals surface area contributed by atoms with Gasteiger partial charge in [0, 0.05) is 18.8 Å². The lowest BCUT2D eigenvalue weighted by Crippen LogP contribution is -2.41. The zero-order valence-electron chi connectivity index (χ0n) is 15.1. The maximum Gasteiger partial charge on any atom is 0.280 e. The third-order valence-electron chi connectivity index (χ3n) is 4.88. The van der Waals surface area contributed by atoms with Crippen molar-refractivity contribution >= 4 is 23.2 Å². The molecular formula is C20H15F3N4OS. The minimum Gasteiger partial charge on any atom is -0.369 e. The van der Waals surface area contributed by atoms with Crippen LogP contribution in [-0.2, 0) is 10.3 Å². The van der Waals surface area contributed by atoms with E-state index in [-0.39, 0.29) is 17.1 Å². The number of hydrogen-bond donors (Lipinski definition) is 1. The van der Waals surface area contributed by atoms with E-state index >= 15 is 0 Å². The molecule has 1 amide bonds. The number of likely N-dealkylation sites (N-methyl/N-ethyl adjacent to an activating group) is 1. The lowest BCUT2D eigenvalue weighted by molar-refractivity contribution is -0.129. The number of hydrogen-bond acceptors (Lipinski definition) is 5. The van der Waals surface area contributed by atoms with Crippen LogP contribution in [0.2, 0.25) is 0 Å². The van der Waals surface area contributed by atoms with Crippen molar-refractivity contribution in [3.8, 4) is 11.1 Å². The summed E-state index contributed by atoms with van der Waals surface area (Å²) in [4.78, 5) is 22.4. The number of alkyl halides is 2. The minimum absolute atomic E-state index is 0.0631. The molecule has 1 aliphatic rings. The van der Waals surface area contributed by atoms with Gasteiger partial charge in [-0.05, 0) is 57.8 Å². The van der Waals surface area contributed by atoms with E-state index in [2.05, 4.69) is 9.98 Å². The van der Waals surface area contributed by atoms with Crippen molar-refractivity contribution in [3.63, 3.8) is 0 Å². The SMILES string of the molecule is CN1C(=O)C(c2ccnc(C(F)F)c2)(c2ccc(F)c(-c3ccsc3)c2)N=C1N. The second-order valence-corrected chi connectivity index (χ2v) is 7.30. The van der Waals surface area contributed by atoms with Crippen LogP contribution in [0.1, 0.15) is 23.2 Å². The Bertz CT molecular complexity index is 1120. The number of benzene rings is 1. The zero-order valence-corrected chi connectivity index (χ0v) is 16.0. The Kier molecular flexibility index (Phi) is 4.62. The standard InChI is InChI=1S/C20H15F3N4OS/c1-27-18(28)20(26-19(27)24,13-4-6-25-16(9-13)17(22)23)12-2-3-15(21)14(8-12)11-5-7-29-10-11/h2-10,17H,1H3,(H2,24,26). The van der Waals surface area contributed by atoms with E-state index < -0.39 is 29.4 Å². The van der Waals surface area contributed by atoms with Crippen molar-refractivity contribution in [2.45, 2.75) is 12.0 Å². The summed E-state index contributed by atoms with van der Waals surface area (Å²) in [6.07, 6.45) is -1.63. The van der Waals surface area contributed by atoms with Crippen LogP contribution in [0.4, 0.5) is 13.2 Å². The average molecular weight is 416 g/mol. The van der Waals surface area contributed by atoms with E-state index in [4.69, 9.17) is 5.73 Å². The van der Waals surface area contributed by atoms with Crippen LogP contribution >= 0.6 is 11.3 Å². The quantitative estimate of drug-likeness (QED) is 0.701. The normalized spacial score (nSPS) is 19.1. The number of rotatable bonds is 4. The molecule has 1 aromatic carbocycles. The number of amides is 1. The summed E-state index contributed by atoms with van der Waals surface area (Å²) in [6, 6.07) is 8.48. The molecule has 0 aliphatic carbocycles. The van der Waals surface area contributed by atoms with Gasteiger partial charge in [0.2, 0.25) is 0 Å². The molecule has 0 radical (unpaired) electrons. The predicted octanol–water partition coefficient (Wildman–Crippen LogP) is 3.92. The topological polar surface area (TPSA) is 71.6 Å². The highest BCUT2D eigenvalue weighted by atomic mass is 32.1. The maximum absolute atomic E-state index is 14.5. The highest BCUT2D eigenvalue weighted by Crippen LogP contribution is 2.41. The number of aromatic nitrogens is 1. The Hall–Kier alpha value is -3.20. The van der Waals surface area contributed by atoms with E-state index in [1.54, 1.807) is 16.8 Å². The summed E-state index contributed by atoms with van der Waals surface area (Å²) < 4.78 is 41.0. The van der Waals surface area contributed by atoms with E-state index in [9.17, 15) is 18.0 Å². The van der Waals surface area contributed by atoms with Crippen LogP contribution in [0.15, 0.2) is 58.3 Å². The molecule has 29 heavy (non-hydrogen) atoms. The van der Waals surface area contributed by atoms with Gasteiger partial charge < -0.3 is 5.73 Å². The lowest BCUT2D eigenvalue weighted by Gasteiger charge is -2.27. The van der Waals surface area contributed by atoms with Crippen LogP contribution in [0.5, 0.6) is 0 Å². The van der Waals surface area contributed by atoms with Crippen molar-refractivity contribution in [2.24, 2.45) is 10.7 Å². The fourth-order valence-electron chi connectivity index (χ4n) is 3.37. The molecule has 2 N–H and O–H groups in total. The van der Waals surface area contributed by atoms with Gasteiger partial charge in [0.1, 0.15) is 11.5 Å². The summed E-state index contributed by atoms with van der Waals surface area (Å²) >= 11 is 1.40. The van der Waals surface area contributed by atoms with Crippen molar-refractivity contribution in [3.05, 3.63) is 76.0 Å². The number of pyridine rings is 1. The second-order valence-electron chi connectivity index (χ2n) is 6.52. The molecule has 1 aliphatic heterocycles. The van der Waals surface area contributed by atoms with Gasteiger partial charge in [-0.3, -0.25) is 14.7 Å². The van der Waals surface area contributed by atoms with E-state index in [1.165, 1.54) is 48.8 Å². The molecule has 1 atom stereocenters. The van der Waals surface area contributed by atoms with Crippen molar-refractivity contribution in [1.29, 1.82) is 0 Å². The Morgan fingerprint density at radius 3 is 2.55 bits per heavy atom. The molecule has 0 bridgehead atoms. The van der Waals surface area contributed by atoms with Crippen LogP contribution in [0, 0.1) is 5.82 Å². The maximum atomic E-state index is 14.5. The molecule has 2 aromatic heterocycles. The van der Waals surface area contributed by atoms with Gasteiger partial charge in [-0.15, -0.1) is 0 Å². The smallest absolute Gasteiger partial charge is 0.280 e. The first-order valence-electron chi connectivity index (χ1n) is 8.55. The molecule has 0 saturated carbocycles. The summed E-state index contributed by atoms with van der Waals surface area (Å²) in [5.74, 6) is -1.06. The largest absolute Gasteiger partial charge is 0.369 e. The molecule has 3 aromatic rings. The van der Waals surface area contributed by atoms with Gasteiger partial charge in [0.15, 0.2) is 11.5 Å². The summed E-state index contributed by atoms with van der Waals surface area (Å²) in [5, 5.41) is 3.58. The van der Waals surface area contributed by atoms with Crippen molar-refractivity contribution < 1.29 is 18.0 Å². The average Bonchev–Trinajstić information content (AvgIpc) is 3.32. The molecule has 4 rings (SSSR count). The number of nitrogens with two attached hydrogens (primary N) is 1. The number of carbonyl (C=O) groups is 1. The van der Waals surface area contributed by atoms with Gasteiger partial charge in [0.25, 0.3) is 12.3 Å². The molecule has 1 unspecified atom stereocenters. The third-order valence-corrected chi connectivity index (χ3v) is 5.56. The summed E-state index contributed by atoms with van der Waals surface area (Å²) in [5.41, 5.74) is 5.13.